The molecule has 0 bridgehead atoms. The number of pyridine rings is 2. The van der Waals surface area contributed by atoms with Crippen molar-refractivity contribution in [1.29, 1.82) is 0 Å². The zero-order chi connectivity index (χ0) is 21.2. The highest BCUT2D eigenvalue weighted by molar-refractivity contribution is 6.05. The van der Waals surface area contributed by atoms with Gasteiger partial charge in [-0.3, -0.25) is 19.1 Å². The van der Waals surface area contributed by atoms with E-state index in [1.165, 1.54) is 0 Å². The molecule has 4 aromatic heterocycles. The number of carbonyl (C=O) groups excluding carboxylic acids is 1. The fraction of sp³-hybridized carbons (Fsp3) is 0.261. The van der Waals surface area contributed by atoms with Crippen molar-refractivity contribution in [2.24, 2.45) is 5.92 Å². The molecule has 5 heterocycles. The molecule has 1 aliphatic rings. The first kappa shape index (κ1) is 19.2. The van der Waals surface area contributed by atoms with Crippen molar-refractivity contribution in [3.05, 3.63) is 77.4 Å². The molecule has 1 N–H and O–H groups in total. The number of likely N-dealkylation sites (tertiary alicyclic amines) is 1. The lowest BCUT2D eigenvalue weighted by atomic mass is 9.96. The van der Waals surface area contributed by atoms with Crippen LogP contribution in [-0.2, 0) is 6.54 Å². The molecule has 1 aliphatic heterocycles. The van der Waals surface area contributed by atoms with Gasteiger partial charge in [-0.1, -0.05) is 0 Å². The first-order valence-corrected chi connectivity index (χ1v) is 10.4. The van der Waals surface area contributed by atoms with Crippen LogP contribution in [0.4, 0.5) is 0 Å². The van der Waals surface area contributed by atoms with Crippen molar-refractivity contribution in [3.8, 4) is 11.3 Å². The van der Waals surface area contributed by atoms with Gasteiger partial charge in [0, 0.05) is 61.4 Å². The second-order valence-corrected chi connectivity index (χ2v) is 7.84. The predicted octanol–water partition coefficient (Wildman–Crippen LogP) is 2.73. The molecule has 1 fully saturated rings. The topological polar surface area (TPSA) is 96.8 Å². The highest BCUT2D eigenvalue weighted by Crippen LogP contribution is 2.23. The van der Waals surface area contributed by atoms with Crippen LogP contribution in [0.15, 0.2) is 66.2 Å². The fourth-order valence-electron chi connectivity index (χ4n) is 4.14. The number of fused-ring (bicyclic) bond motifs is 1. The van der Waals surface area contributed by atoms with E-state index in [0.717, 1.165) is 29.4 Å². The molecule has 0 radical (unpaired) electrons. The van der Waals surface area contributed by atoms with Gasteiger partial charge in [0.25, 0.3) is 11.5 Å². The van der Waals surface area contributed by atoms with Crippen molar-refractivity contribution >= 4 is 16.9 Å². The van der Waals surface area contributed by atoms with Crippen molar-refractivity contribution in [2.75, 3.05) is 13.1 Å². The molecule has 1 saturated heterocycles. The van der Waals surface area contributed by atoms with Gasteiger partial charge in [-0.15, -0.1) is 0 Å². The average molecular weight is 414 g/mol. The molecule has 0 aromatic carbocycles. The summed E-state index contributed by atoms with van der Waals surface area (Å²) in [5.74, 6) is 0.359. The number of H-pyrrole nitrogens is 1. The highest BCUT2D eigenvalue weighted by Gasteiger charge is 2.25. The number of rotatable bonds is 4. The third-order valence-electron chi connectivity index (χ3n) is 5.89. The van der Waals surface area contributed by atoms with Gasteiger partial charge in [-0.25, -0.2) is 9.97 Å². The molecular weight excluding hydrogens is 392 g/mol. The lowest BCUT2D eigenvalue weighted by Gasteiger charge is -2.32. The highest BCUT2D eigenvalue weighted by atomic mass is 16.2. The zero-order valence-electron chi connectivity index (χ0n) is 16.9. The number of nitrogens with zero attached hydrogens (tertiary/aromatic N) is 5. The van der Waals surface area contributed by atoms with Crippen molar-refractivity contribution in [2.45, 2.75) is 19.4 Å². The van der Waals surface area contributed by atoms with Crippen LogP contribution < -0.4 is 5.56 Å². The minimum absolute atomic E-state index is 0.0261. The summed E-state index contributed by atoms with van der Waals surface area (Å²) >= 11 is 0. The maximum atomic E-state index is 13.0. The summed E-state index contributed by atoms with van der Waals surface area (Å²) in [4.78, 5) is 43.2. The minimum Gasteiger partial charge on any atom is -0.345 e. The van der Waals surface area contributed by atoms with Crippen molar-refractivity contribution in [1.82, 2.24) is 29.4 Å². The van der Waals surface area contributed by atoms with E-state index in [2.05, 4.69) is 19.9 Å². The van der Waals surface area contributed by atoms with E-state index in [1.54, 1.807) is 41.7 Å². The number of hydrogen-bond acceptors (Lipinski definition) is 5. The number of aromatic amines is 1. The van der Waals surface area contributed by atoms with Crippen LogP contribution in [0.25, 0.3) is 22.3 Å². The molecule has 0 atom stereocenters. The Hall–Kier alpha value is -3.81. The Morgan fingerprint density at radius 1 is 1.10 bits per heavy atom. The summed E-state index contributed by atoms with van der Waals surface area (Å²) in [7, 11) is 0. The van der Waals surface area contributed by atoms with Gasteiger partial charge in [0.15, 0.2) is 0 Å². The van der Waals surface area contributed by atoms with Gasteiger partial charge in [0.1, 0.15) is 5.65 Å². The van der Waals surface area contributed by atoms with E-state index < -0.39 is 0 Å². The minimum atomic E-state index is -0.0633. The molecule has 0 saturated carbocycles. The van der Waals surface area contributed by atoms with E-state index in [9.17, 15) is 9.59 Å². The molecule has 31 heavy (non-hydrogen) atoms. The van der Waals surface area contributed by atoms with E-state index in [-0.39, 0.29) is 11.5 Å². The Morgan fingerprint density at radius 3 is 2.68 bits per heavy atom. The molecule has 4 aromatic rings. The number of hydrogen-bond donors (Lipinski definition) is 1. The maximum Gasteiger partial charge on any atom is 0.256 e. The Balaban J connectivity index is 1.23. The zero-order valence-corrected chi connectivity index (χ0v) is 16.9. The molecule has 156 valence electrons. The summed E-state index contributed by atoms with van der Waals surface area (Å²) in [5, 5.41) is 0.849. The van der Waals surface area contributed by atoms with Gasteiger partial charge in [0.05, 0.1) is 17.6 Å². The molecule has 0 aliphatic carbocycles. The monoisotopic (exact) mass is 414 g/mol. The Kier molecular flexibility index (Phi) is 5.03. The van der Waals surface area contributed by atoms with E-state index >= 15 is 0 Å². The quantitative estimate of drug-likeness (QED) is 0.554. The molecule has 1 amide bonds. The Morgan fingerprint density at radius 2 is 1.90 bits per heavy atom. The van der Waals surface area contributed by atoms with Gasteiger partial charge in [0.2, 0.25) is 0 Å². The molecule has 8 nitrogen and oxygen atoms in total. The van der Waals surface area contributed by atoms with Gasteiger partial charge in [-0.2, -0.15) is 0 Å². The lowest BCUT2D eigenvalue weighted by molar-refractivity contribution is 0.0684. The van der Waals surface area contributed by atoms with Crippen LogP contribution in [0.1, 0.15) is 23.2 Å². The maximum absolute atomic E-state index is 13.0. The van der Waals surface area contributed by atoms with Crippen LogP contribution in [0.5, 0.6) is 0 Å². The largest absolute Gasteiger partial charge is 0.345 e. The normalized spacial score (nSPS) is 14.8. The first-order chi connectivity index (χ1) is 15.2. The van der Waals surface area contributed by atoms with Crippen LogP contribution >= 0.6 is 0 Å². The van der Waals surface area contributed by atoms with Crippen LogP contribution in [0.3, 0.4) is 0 Å². The van der Waals surface area contributed by atoms with E-state index in [0.29, 0.717) is 36.8 Å². The lowest BCUT2D eigenvalue weighted by Crippen LogP contribution is -2.40. The number of piperidine rings is 1. The first-order valence-electron chi connectivity index (χ1n) is 10.4. The van der Waals surface area contributed by atoms with Crippen LogP contribution in [0, 0.1) is 5.92 Å². The van der Waals surface area contributed by atoms with Crippen molar-refractivity contribution in [3.63, 3.8) is 0 Å². The summed E-state index contributed by atoms with van der Waals surface area (Å²) in [5.41, 5.74) is 2.85. The molecular formula is C23H22N6O2. The summed E-state index contributed by atoms with van der Waals surface area (Å²) in [6.07, 6.45) is 10.1. The van der Waals surface area contributed by atoms with Gasteiger partial charge in [-0.05, 0) is 43.0 Å². The predicted molar refractivity (Wildman–Crippen MR) is 116 cm³/mol. The van der Waals surface area contributed by atoms with Gasteiger partial charge >= 0.3 is 0 Å². The molecule has 5 rings (SSSR count). The van der Waals surface area contributed by atoms with Crippen LogP contribution in [-0.4, -0.2) is 48.4 Å². The summed E-state index contributed by atoms with van der Waals surface area (Å²) in [6, 6.07) is 8.99. The smallest absolute Gasteiger partial charge is 0.256 e. The second kappa shape index (κ2) is 8.14. The van der Waals surface area contributed by atoms with Crippen molar-refractivity contribution < 1.29 is 4.79 Å². The number of amides is 1. The van der Waals surface area contributed by atoms with Gasteiger partial charge < -0.3 is 9.88 Å². The SMILES string of the molecule is O=C(c1c[nH]c2ncccc12)N1CCC(Cn2cnc(-c3ccncc3)cc2=O)CC1. The summed E-state index contributed by atoms with van der Waals surface area (Å²) < 4.78 is 1.66. The third-order valence-corrected chi connectivity index (χ3v) is 5.89. The Bertz CT molecular complexity index is 1270. The molecule has 0 unspecified atom stereocenters. The summed E-state index contributed by atoms with van der Waals surface area (Å²) in [6.45, 7) is 1.96. The molecule has 8 heteroatoms. The van der Waals surface area contributed by atoms with Crippen LogP contribution in [0.2, 0.25) is 0 Å². The number of aromatic nitrogens is 5. The fourth-order valence-corrected chi connectivity index (χ4v) is 4.14. The number of nitrogens with one attached hydrogen (secondary N) is 1. The average Bonchev–Trinajstić information content (AvgIpc) is 3.25. The second-order valence-electron chi connectivity index (χ2n) is 7.84. The Labute approximate surface area is 178 Å². The van der Waals surface area contributed by atoms with E-state index in [4.69, 9.17) is 0 Å². The molecule has 0 spiro atoms. The third kappa shape index (κ3) is 3.84. The number of carbonyl (C=O) groups is 1. The standard InChI is InChI=1S/C23H22N6O2/c30-21-12-20(17-3-8-24-9-4-17)27-15-29(21)14-16-5-10-28(11-6-16)23(31)19-13-26-22-18(19)2-1-7-25-22/h1-4,7-9,12-13,15-16H,5-6,10-11,14H2,(H,25,26). The van der Waals surface area contributed by atoms with E-state index in [1.807, 2.05) is 29.2 Å².